The van der Waals surface area contributed by atoms with Gasteiger partial charge >= 0.3 is 0 Å². The van der Waals surface area contributed by atoms with E-state index in [1.54, 1.807) is 11.3 Å². The Morgan fingerprint density at radius 2 is 1.87 bits per heavy atom. The summed E-state index contributed by atoms with van der Waals surface area (Å²) in [5.41, 5.74) is 2.92. The fourth-order valence-electron chi connectivity index (χ4n) is 2.60. The lowest BCUT2D eigenvalue weighted by atomic mass is 10.1. The summed E-state index contributed by atoms with van der Waals surface area (Å²) in [6.45, 7) is 8.79. The van der Waals surface area contributed by atoms with E-state index in [1.807, 2.05) is 26.8 Å². The molecule has 4 heteroatoms. The van der Waals surface area contributed by atoms with E-state index >= 15 is 0 Å². The molecule has 1 N–H and O–H groups in total. The van der Waals surface area contributed by atoms with E-state index in [4.69, 9.17) is 0 Å². The van der Waals surface area contributed by atoms with Crippen LogP contribution in [-0.2, 0) is 6.54 Å². The first-order chi connectivity index (χ1) is 10.8. The van der Waals surface area contributed by atoms with Crippen LogP contribution in [0.3, 0.4) is 0 Å². The molecule has 120 valence electrons. The number of amides is 1. The molecule has 1 aromatic carbocycles. The van der Waals surface area contributed by atoms with Gasteiger partial charge in [-0.2, -0.15) is 0 Å². The van der Waals surface area contributed by atoms with Crippen molar-refractivity contribution >= 4 is 27.5 Å². The van der Waals surface area contributed by atoms with E-state index in [2.05, 4.69) is 52.5 Å². The molecule has 2 aromatic heterocycles. The van der Waals surface area contributed by atoms with Gasteiger partial charge in [0, 0.05) is 17.5 Å². The van der Waals surface area contributed by atoms with Gasteiger partial charge in [0.05, 0.1) is 0 Å². The molecule has 3 rings (SSSR count). The van der Waals surface area contributed by atoms with Crippen molar-refractivity contribution in [2.24, 2.45) is 0 Å². The van der Waals surface area contributed by atoms with E-state index < -0.39 is 0 Å². The van der Waals surface area contributed by atoms with Crippen LogP contribution in [-0.4, -0.2) is 16.0 Å². The first kappa shape index (κ1) is 15.8. The van der Waals surface area contributed by atoms with Crippen LogP contribution in [0.4, 0.5) is 0 Å². The summed E-state index contributed by atoms with van der Waals surface area (Å²) in [6.07, 6.45) is 0. The summed E-state index contributed by atoms with van der Waals surface area (Å²) in [7, 11) is 0. The average molecular weight is 326 g/mol. The minimum Gasteiger partial charge on any atom is -0.346 e. The summed E-state index contributed by atoms with van der Waals surface area (Å²) in [5.74, 6) is -0.0204. The van der Waals surface area contributed by atoms with Gasteiger partial charge in [-0.1, -0.05) is 29.8 Å². The molecule has 0 aliphatic heterocycles. The Hall–Kier alpha value is -2.07. The van der Waals surface area contributed by atoms with Crippen molar-refractivity contribution in [2.75, 3.05) is 0 Å². The Kier molecular flexibility index (Phi) is 4.02. The van der Waals surface area contributed by atoms with Crippen molar-refractivity contribution in [2.45, 2.75) is 39.8 Å². The number of benzene rings is 1. The lowest BCUT2D eigenvalue weighted by molar-refractivity contribution is 0.0911. The zero-order valence-corrected chi connectivity index (χ0v) is 14.8. The molecule has 0 unspecified atom stereocenters. The number of carbonyl (C=O) groups excluding carboxylic acids is 1. The molecule has 0 aliphatic carbocycles. The molecule has 0 radical (unpaired) electrons. The molecule has 0 aliphatic rings. The molecule has 23 heavy (non-hydrogen) atoms. The number of nitrogens with one attached hydrogen (secondary N) is 1. The van der Waals surface area contributed by atoms with Gasteiger partial charge in [0.15, 0.2) is 0 Å². The minimum atomic E-state index is -0.247. The molecular formula is C19H22N2OS. The van der Waals surface area contributed by atoms with Crippen molar-refractivity contribution < 1.29 is 4.79 Å². The molecule has 0 saturated heterocycles. The van der Waals surface area contributed by atoms with Gasteiger partial charge in [-0.05, 0) is 50.8 Å². The summed E-state index contributed by atoms with van der Waals surface area (Å²) < 4.78 is 2.12. The van der Waals surface area contributed by atoms with Crippen molar-refractivity contribution in [3.05, 3.63) is 58.6 Å². The van der Waals surface area contributed by atoms with E-state index in [0.717, 1.165) is 15.9 Å². The van der Waals surface area contributed by atoms with Gasteiger partial charge in [0.25, 0.3) is 5.91 Å². The van der Waals surface area contributed by atoms with E-state index in [9.17, 15) is 4.79 Å². The third-order valence-electron chi connectivity index (χ3n) is 3.68. The molecule has 0 bridgehead atoms. The van der Waals surface area contributed by atoms with Gasteiger partial charge in [-0.15, -0.1) is 11.3 Å². The second kappa shape index (κ2) is 5.85. The van der Waals surface area contributed by atoms with Crippen molar-refractivity contribution in [3.63, 3.8) is 0 Å². The number of aryl methyl sites for hydroxylation is 1. The first-order valence-electron chi connectivity index (χ1n) is 7.78. The summed E-state index contributed by atoms with van der Waals surface area (Å²) >= 11 is 1.68. The summed E-state index contributed by atoms with van der Waals surface area (Å²) in [5, 5.41) is 6.26. The van der Waals surface area contributed by atoms with Crippen LogP contribution in [0.5, 0.6) is 0 Å². The number of fused-ring (bicyclic) bond motifs is 1. The fraction of sp³-hybridized carbons (Fsp3) is 0.316. The van der Waals surface area contributed by atoms with Crippen LogP contribution in [0.15, 0.2) is 41.8 Å². The van der Waals surface area contributed by atoms with E-state index in [1.165, 1.54) is 11.1 Å². The first-order valence-corrected chi connectivity index (χ1v) is 8.66. The summed E-state index contributed by atoms with van der Waals surface area (Å²) in [6, 6.07) is 12.5. The molecule has 0 fully saturated rings. The van der Waals surface area contributed by atoms with E-state index in [0.29, 0.717) is 6.54 Å². The smallest absolute Gasteiger partial charge is 0.268 e. The Balaban J connectivity index is 2.00. The van der Waals surface area contributed by atoms with Gasteiger partial charge < -0.3 is 9.88 Å². The highest BCUT2D eigenvalue weighted by Gasteiger charge is 2.20. The average Bonchev–Trinajstić information content (AvgIpc) is 3.02. The van der Waals surface area contributed by atoms with Crippen LogP contribution >= 0.6 is 11.3 Å². The highest BCUT2D eigenvalue weighted by molar-refractivity contribution is 7.16. The van der Waals surface area contributed by atoms with Crippen LogP contribution < -0.4 is 5.32 Å². The third kappa shape index (κ3) is 3.48. The lowest BCUT2D eigenvalue weighted by Crippen LogP contribution is -2.41. The van der Waals surface area contributed by atoms with Crippen LogP contribution in [0.2, 0.25) is 0 Å². The Bertz CT molecular complexity index is 835. The second-order valence-electron chi connectivity index (χ2n) is 6.99. The number of nitrogens with zero attached hydrogens (tertiary/aromatic N) is 1. The number of rotatable bonds is 3. The molecule has 1 amide bonds. The Morgan fingerprint density at radius 3 is 2.52 bits per heavy atom. The quantitative estimate of drug-likeness (QED) is 0.750. The largest absolute Gasteiger partial charge is 0.346 e. The Morgan fingerprint density at radius 1 is 1.17 bits per heavy atom. The fourth-order valence-corrected chi connectivity index (χ4v) is 3.50. The highest BCUT2D eigenvalue weighted by Crippen LogP contribution is 2.26. The lowest BCUT2D eigenvalue weighted by Gasteiger charge is -2.21. The summed E-state index contributed by atoms with van der Waals surface area (Å²) in [4.78, 5) is 13.8. The molecule has 3 aromatic rings. The Labute approximate surface area is 140 Å². The van der Waals surface area contributed by atoms with Crippen LogP contribution in [0.25, 0.3) is 10.2 Å². The maximum atomic E-state index is 12.7. The zero-order chi connectivity index (χ0) is 16.6. The maximum Gasteiger partial charge on any atom is 0.268 e. The number of carbonyl (C=O) groups is 1. The van der Waals surface area contributed by atoms with Crippen LogP contribution in [0, 0.1) is 6.92 Å². The molecule has 3 nitrogen and oxygen atoms in total. The topological polar surface area (TPSA) is 34.0 Å². The third-order valence-corrected chi connectivity index (χ3v) is 4.64. The van der Waals surface area contributed by atoms with E-state index in [-0.39, 0.29) is 11.4 Å². The zero-order valence-electron chi connectivity index (χ0n) is 14.0. The molecule has 2 heterocycles. The molecular weight excluding hydrogens is 304 g/mol. The predicted molar refractivity (Wildman–Crippen MR) is 97.3 cm³/mol. The van der Waals surface area contributed by atoms with Gasteiger partial charge in [0.1, 0.15) is 10.5 Å². The van der Waals surface area contributed by atoms with Gasteiger partial charge in [-0.3, -0.25) is 4.79 Å². The van der Waals surface area contributed by atoms with Gasteiger partial charge in [-0.25, -0.2) is 0 Å². The number of hydrogen-bond acceptors (Lipinski definition) is 2. The standard InChI is InChI=1S/C19H22N2OS/c1-13-5-7-14(8-6-13)12-21-16(17(22)20-19(2,3)4)11-15-9-10-23-18(15)21/h5-11H,12H2,1-4H3,(H,20,22). The number of aromatic nitrogens is 1. The molecule has 0 spiro atoms. The SMILES string of the molecule is Cc1ccc(Cn2c(C(=O)NC(C)(C)C)cc3ccsc32)cc1. The highest BCUT2D eigenvalue weighted by atomic mass is 32.1. The minimum absolute atomic E-state index is 0.0204. The predicted octanol–water partition coefficient (Wildman–Crippen LogP) is 4.59. The van der Waals surface area contributed by atoms with Gasteiger partial charge in [0.2, 0.25) is 0 Å². The monoisotopic (exact) mass is 326 g/mol. The number of thiophene rings is 1. The van der Waals surface area contributed by atoms with Crippen molar-refractivity contribution in [3.8, 4) is 0 Å². The normalized spacial score (nSPS) is 11.8. The van der Waals surface area contributed by atoms with Crippen LogP contribution in [0.1, 0.15) is 42.4 Å². The second-order valence-corrected chi connectivity index (χ2v) is 7.88. The van der Waals surface area contributed by atoms with Crippen molar-refractivity contribution in [1.29, 1.82) is 0 Å². The van der Waals surface area contributed by atoms with Crippen molar-refractivity contribution in [1.82, 2.24) is 9.88 Å². The maximum absolute atomic E-state index is 12.7. The molecule has 0 saturated carbocycles. The molecule has 0 atom stereocenters. The number of hydrogen-bond donors (Lipinski definition) is 1.